The molecule has 228 valence electrons. The lowest BCUT2D eigenvalue weighted by atomic mass is 9.86. The van der Waals surface area contributed by atoms with Gasteiger partial charge in [0, 0.05) is 31.4 Å². The quantitative estimate of drug-likeness (QED) is 0.276. The molecule has 11 heteroatoms. The SMILES string of the molecule is CC(C)(C)OC(=O)C12CCCCN1OC2=O.CCOC(=O)N(c1ccccc1)C1CCN(C(=O)OC(C)(C)C)CC1. The van der Waals surface area contributed by atoms with E-state index in [2.05, 4.69) is 0 Å². The number of esters is 1. The van der Waals surface area contributed by atoms with Gasteiger partial charge in [-0.05, 0) is 92.7 Å². The average molecular weight is 576 g/mol. The van der Waals surface area contributed by atoms with Gasteiger partial charge in [0.2, 0.25) is 0 Å². The molecule has 0 spiro atoms. The third-order valence-corrected chi connectivity index (χ3v) is 6.82. The second-order valence-electron chi connectivity index (χ2n) is 12.4. The van der Waals surface area contributed by atoms with E-state index in [1.165, 1.54) is 5.06 Å². The normalized spacial score (nSPS) is 21.2. The molecule has 1 aromatic rings. The van der Waals surface area contributed by atoms with Gasteiger partial charge in [0.05, 0.1) is 6.61 Å². The first-order valence-corrected chi connectivity index (χ1v) is 14.4. The molecular weight excluding hydrogens is 530 g/mol. The maximum absolute atomic E-state index is 12.4. The van der Waals surface area contributed by atoms with Gasteiger partial charge in [-0.1, -0.05) is 18.2 Å². The highest BCUT2D eigenvalue weighted by Gasteiger charge is 2.65. The summed E-state index contributed by atoms with van der Waals surface area (Å²) in [6.45, 7) is 14.8. The van der Waals surface area contributed by atoms with E-state index in [1.807, 2.05) is 51.1 Å². The number of ether oxygens (including phenoxy) is 3. The molecule has 3 saturated heterocycles. The fourth-order valence-electron chi connectivity index (χ4n) is 4.95. The Morgan fingerprint density at radius 1 is 0.951 bits per heavy atom. The van der Waals surface area contributed by atoms with Crippen molar-refractivity contribution < 1.29 is 38.2 Å². The van der Waals surface area contributed by atoms with Gasteiger partial charge in [0.15, 0.2) is 0 Å². The minimum Gasteiger partial charge on any atom is -0.458 e. The van der Waals surface area contributed by atoms with Gasteiger partial charge in [-0.15, -0.1) is 5.06 Å². The molecule has 0 saturated carbocycles. The van der Waals surface area contributed by atoms with Crippen molar-refractivity contribution in [3.05, 3.63) is 30.3 Å². The van der Waals surface area contributed by atoms with Crippen LogP contribution >= 0.6 is 0 Å². The Kier molecular flexibility index (Phi) is 10.3. The number of carbonyl (C=O) groups excluding carboxylic acids is 4. The van der Waals surface area contributed by atoms with Crippen molar-refractivity contribution in [2.24, 2.45) is 0 Å². The summed E-state index contributed by atoms with van der Waals surface area (Å²) in [6, 6.07) is 9.52. The summed E-state index contributed by atoms with van der Waals surface area (Å²) in [6.07, 6.45) is 3.03. The number of rotatable bonds is 4. The van der Waals surface area contributed by atoms with Crippen LogP contribution in [0.3, 0.4) is 0 Å². The minimum atomic E-state index is -1.15. The monoisotopic (exact) mass is 575 g/mol. The largest absolute Gasteiger partial charge is 0.458 e. The number of hydrogen-bond donors (Lipinski definition) is 0. The molecule has 0 N–H and O–H groups in total. The number of nitrogens with zero attached hydrogens (tertiary/aromatic N) is 3. The maximum atomic E-state index is 12.4. The lowest BCUT2D eigenvalue weighted by Gasteiger charge is -2.49. The number of benzene rings is 1. The number of fused-ring (bicyclic) bond motifs is 1. The van der Waals surface area contributed by atoms with Crippen molar-refractivity contribution in [3.8, 4) is 0 Å². The van der Waals surface area contributed by atoms with Crippen LogP contribution in [0, 0.1) is 0 Å². The molecule has 0 bridgehead atoms. The smallest absolute Gasteiger partial charge is 0.414 e. The zero-order chi connectivity index (χ0) is 30.4. The van der Waals surface area contributed by atoms with Crippen LogP contribution in [0.1, 0.15) is 80.6 Å². The van der Waals surface area contributed by atoms with Crippen LogP contribution in [0.25, 0.3) is 0 Å². The molecule has 3 heterocycles. The van der Waals surface area contributed by atoms with E-state index < -0.39 is 28.7 Å². The summed E-state index contributed by atoms with van der Waals surface area (Å²) >= 11 is 0. The van der Waals surface area contributed by atoms with Crippen molar-refractivity contribution in [1.29, 1.82) is 0 Å². The van der Waals surface area contributed by atoms with Crippen molar-refractivity contribution in [2.75, 3.05) is 31.1 Å². The van der Waals surface area contributed by atoms with Gasteiger partial charge in [-0.25, -0.2) is 19.2 Å². The highest BCUT2D eigenvalue weighted by atomic mass is 16.8. The Hall–Kier alpha value is -3.34. The molecule has 0 radical (unpaired) electrons. The summed E-state index contributed by atoms with van der Waals surface area (Å²) in [5.74, 6) is -0.947. The third kappa shape index (κ3) is 8.12. The van der Waals surface area contributed by atoms with Gasteiger partial charge < -0.3 is 23.9 Å². The van der Waals surface area contributed by atoms with E-state index in [0.717, 1.165) is 18.5 Å². The van der Waals surface area contributed by atoms with Gasteiger partial charge in [-0.3, -0.25) is 4.90 Å². The zero-order valence-electron chi connectivity index (χ0n) is 25.4. The zero-order valence-corrected chi connectivity index (χ0v) is 25.4. The molecular formula is C30H45N3O8. The van der Waals surface area contributed by atoms with E-state index in [9.17, 15) is 19.2 Å². The van der Waals surface area contributed by atoms with E-state index in [4.69, 9.17) is 19.0 Å². The lowest BCUT2D eigenvalue weighted by molar-refractivity contribution is -0.299. The van der Waals surface area contributed by atoms with Crippen LogP contribution in [0.4, 0.5) is 15.3 Å². The molecule has 11 nitrogen and oxygen atoms in total. The number of anilines is 1. The Bertz CT molecular complexity index is 1070. The first-order valence-electron chi connectivity index (χ1n) is 14.4. The first kappa shape index (κ1) is 32.2. The summed E-state index contributed by atoms with van der Waals surface area (Å²) in [5, 5.41) is 1.47. The highest BCUT2D eigenvalue weighted by molar-refractivity contribution is 6.07. The molecule has 0 aliphatic carbocycles. The molecule has 41 heavy (non-hydrogen) atoms. The maximum Gasteiger partial charge on any atom is 0.414 e. The number of carbonyl (C=O) groups is 4. The van der Waals surface area contributed by atoms with Crippen molar-refractivity contribution in [3.63, 3.8) is 0 Å². The summed E-state index contributed by atoms with van der Waals surface area (Å²) in [7, 11) is 0. The number of amides is 2. The summed E-state index contributed by atoms with van der Waals surface area (Å²) in [5.41, 5.74) is -1.41. The van der Waals surface area contributed by atoms with E-state index >= 15 is 0 Å². The topological polar surface area (TPSA) is 115 Å². The van der Waals surface area contributed by atoms with Gasteiger partial charge in [0.1, 0.15) is 11.2 Å². The third-order valence-electron chi connectivity index (χ3n) is 6.82. The summed E-state index contributed by atoms with van der Waals surface area (Å²) < 4.78 is 15.9. The van der Waals surface area contributed by atoms with Crippen LogP contribution in [0.15, 0.2) is 30.3 Å². The van der Waals surface area contributed by atoms with E-state index in [-0.39, 0.29) is 18.2 Å². The Labute approximate surface area is 243 Å². The minimum absolute atomic E-state index is 0.000127. The van der Waals surface area contributed by atoms with Crippen LogP contribution < -0.4 is 4.90 Å². The molecule has 1 aromatic carbocycles. The number of hydroxylamine groups is 2. The Balaban J connectivity index is 0.000000248. The number of para-hydroxylation sites is 1. The predicted octanol–water partition coefficient (Wildman–Crippen LogP) is 5.07. The van der Waals surface area contributed by atoms with E-state index in [1.54, 1.807) is 37.5 Å². The van der Waals surface area contributed by atoms with Crippen molar-refractivity contribution in [1.82, 2.24) is 9.96 Å². The van der Waals surface area contributed by atoms with E-state index in [0.29, 0.717) is 45.5 Å². The van der Waals surface area contributed by atoms with Crippen LogP contribution in [0.5, 0.6) is 0 Å². The molecule has 2 amide bonds. The predicted molar refractivity (Wildman–Crippen MR) is 152 cm³/mol. The lowest BCUT2D eigenvalue weighted by Crippen LogP contribution is -2.73. The van der Waals surface area contributed by atoms with Crippen LogP contribution in [-0.2, 0) is 28.6 Å². The molecule has 1 atom stereocenters. The molecule has 1 unspecified atom stereocenters. The summed E-state index contributed by atoms with van der Waals surface area (Å²) in [4.78, 5) is 56.5. The van der Waals surface area contributed by atoms with Crippen molar-refractivity contribution in [2.45, 2.75) is 103 Å². The second kappa shape index (κ2) is 13.1. The number of likely N-dealkylation sites (tertiary alicyclic amines) is 1. The van der Waals surface area contributed by atoms with Gasteiger partial charge >= 0.3 is 24.1 Å². The van der Waals surface area contributed by atoms with Gasteiger partial charge in [-0.2, -0.15) is 0 Å². The molecule has 3 aliphatic rings. The molecule has 0 aromatic heterocycles. The van der Waals surface area contributed by atoms with Crippen LogP contribution in [0.2, 0.25) is 0 Å². The molecule has 3 fully saturated rings. The first-order chi connectivity index (χ1) is 19.2. The Morgan fingerprint density at radius 3 is 2.07 bits per heavy atom. The Morgan fingerprint density at radius 2 is 1.56 bits per heavy atom. The highest BCUT2D eigenvalue weighted by Crippen LogP contribution is 2.39. The average Bonchev–Trinajstić information content (AvgIpc) is 2.88. The van der Waals surface area contributed by atoms with Crippen LogP contribution in [-0.4, -0.2) is 83.1 Å². The fourth-order valence-corrected chi connectivity index (χ4v) is 4.95. The standard InChI is InChI=1S/C19H28N2O4.C11H17NO4/c1-5-24-18(23)21(15-9-7-6-8-10-15)16-11-13-20(14-12-16)17(22)25-19(2,3)4;1-10(2,3)15-8(13)11-6-4-5-7-12(11)16-9(11)14/h6-10,16H,5,11-14H2,1-4H3;4-7H2,1-3H3. The number of hydrogen-bond acceptors (Lipinski definition) is 9. The van der Waals surface area contributed by atoms with Crippen molar-refractivity contribution >= 4 is 29.8 Å². The molecule has 3 aliphatic heterocycles. The fraction of sp³-hybridized carbons (Fsp3) is 0.667. The second-order valence-corrected chi connectivity index (χ2v) is 12.4. The van der Waals surface area contributed by atoms with Gasteiger partial charge in [0.25, 0.3) is 5.54 Å². The number of piperidine rings is 2. The molecule has 4 rings (SSSR count).